The lowest BCUT2D eigenvalue weighted by Crippen LogP contribution is -1.93. The summed E-state index contributed by atoms with van der Waals surface area (Å²) >= 11 is 5.58. The highest BCUT2D eigenvalue weighted by atomic mass is 35.5. The summed E-state index contributed by atoms with van der Waals surface area (Å²) in [5.74, 6) is 0.617. The lowest BCUT2D eigenvalue weighted by atomic mass is 10.6. The van der Waals surface area contributed by atoms with Gasteiger partial charge in [-0.3, -0.25) is 0 Å². The minimum atomic E-state index is 0.617. The molecule has 0 radical (unpaired) electrons. The van der Waals surface area contributed by atoms with Crippen molar-refractivity contribution in [2.45, 2.75) is 0 Å². The third kappa shape index (κ3) is 0.670. The first-order valence-corrected chi connectivity index (χ1v) is 2.66. The van der Waals surface area contributed by atoms with Gasteiger partial charge in [-0.25, -0.2) is 0 Å². The monoisotopic (exact) mass is 130 g/mol. The summed E-state index contributed by atoms with van der Waals surface area (Å²) in [4.78, 5) is 0. The highest BCUT2D eigenvalue weighted by Gasteiger charge is 1.95. The van der Waals surface area contributed by atoms with Crippen LogP contribution in [-0.2, 0) is 7.05 Å². The standard InChI is InChI=1S/C5H7ClN2/c1-8-3-2-4(6)5(8)7/h2-3H,7H2,1H3. The lowest BCUT2D eigenvalue weighted by Gasteiger charge is -1.92. The van der Waals surface area contributed by atoms with E-state index in [-0.39, 0.29) is 0 Å². The highest BCUT2D eigenvalue weighted by molar-refractivity contribution is 6.32. The molecule has 1 heterocycles. The van der Waals surface area contributed by atoms with Gasteiger partial charge in [0.15, 0.2) is 0 Å². The third-order valence-corrected chi connectivity index (χ3v) is 1.39. The van der Waals surface area contributed by atoms with Crippen LogP contribution < -0.4 is 5.73 Å². The Morgan fingerprint density at radius 2 is 2.38 bits per heavy atom. The van der Waals surface area contributed by atoms with Crippen LogP contribution in [0.2, 0.25) is 5.02 Å². The van der Waals surface area contributed by atoms with Gasteiger partial charge in [0.1, 0.15) is 5.82 Å². The van der Waals surface area contributed by atoms with Crippen molar-refractivity contribution in [3.8, 4) is 0 Å². The van der Waals surface area contributed by atoms with E-state index in [1.165, 1.54) is 0 Å². The first-order chi connectivity index (χ1) is 3.72. The van der Waals surface area contributed by atoms with E-state index in [4.69, 9.17) is 17.3 Å². The molecule has 1 aromatic heterocycles. The predicted molar refractivity (Wildman–Crippen MR) is 34.8 cm³/mol. The Morgan fingerprint density at radius 3 is 2.50 bits per heavy atom. The number of aryl methyl sites for hydroxylation is 1. The molecule has 0 spiro atoms. The van der Waals surface area contributed by atoms with E-state index in [1.807, 2.05) is 13.2 Å². The molecule has 0 amide bonds. The maximum Gasteiger partial charge on any atom is 0.122 e. The normalized spacial score (nSPS) is 9.75. The maximum absolute atomic E-state index is 5.58. The molecule has 8 heavy (non-hydrogen) atoms. The SMILES string of the molecule is Cn1ccc(Cl)c1N. The number of nitrogen functional groups attached to an aromatic ring is 1. The average Bonchev–Trinajstić information content (AvgIpc) is 1.98. The number of halogens is 1. The molecular formula is C5H7ClN2. The van der Waals surface area contributed by atoms with E-state index >= 15 is 0 Å². The Labute approximate surface area is 52.9 Å². The van der Waals surface area contributed by atoms with Crippen molar-refractivity contribution in [1.82, 2.24) is 4.57 Å². The minimum absolute atomic E-state index is 0.617. The first kappa shape index (κ1) is 5.51. The van der Waals surface area contributed by atoms with Crippen LogP contribution in [-0.4, -0.2) is 4.57 Å². The Morgan fingerprint density at radius 1 is 1.75 bits per heavy atom. The molecule has 0 saturated heterocycles. The highest BCUT2D eigenvalue weighted by Crippen LogP contribution is 2.16. The molecule has 0 fully saturated rings. The van der Waals surface area contributed by atoms with Crippen molar-refractivity contribution < 1.29 is 0 Å². The van der Waals surface area contributed by atoms with E-state index in [1.54, 1.807) is 10.6 Å². The van der Waals surface area contributed by atoms with Gasteiger partial charge in [0, 0.05) is 13.2 Å². The molecule has 2 N–H and O–H groups in total. The quantitative estimate of drug-likeness (QED) is 0.563. The molecular weight excluding hydrogens is 124 g/mol. The molecule has 0 aliphatic heterocycles. The summed E-state index contributed by atoms with van der Waals surface area (Å²) < 4.78 is 1.77. The van der Waals surface area contributed by atoms with Gasteiger partial charge in [-0.15, -0.1) is 0 Å². The number of hydrogen-bond acceptors (Lipinski definition) is 1. The maximum atomic E-state index is 5.58. The minimum Gasteiger partial charge on any atom is -0.384 e. The zero-order chi connectivity index (χ0) is 6.15. The van der Waals surface area contributed by atoms with Crippen LogP contribution >= 0.6 is 11.6 Å². The molecule has 1 rings (SSSR count). The van der Waals surface area contributed by atoms with Crippen molar-refractivity contribution in [3.63, 3.8) is 0 Å². The number of hydrogen-bond donors (Lipinski definition) is 1. The predicted octanol–water partition coefficient (Wildman–Crippen LogP) is 1.26. The summed E-state index contributed by atoms with van der Waals surface area (Å²) in [7, 11) is 1.85. The van der Waals surface area contributed by atoms with Gasteiger partial charge in [0.05, 0.1) is 5.02 Å². The number of rotatable bonds is 0. The summed E-state index contributed by atoms with van der Waals surface area (Å²) in [5, 5.41) is 0.618. The fourth-order valence-corrected chi connectivity index (χ4v) is 0.701. The topological polar surface area (TPSA) is 30.9 Å². The van der Waals surface area contributed by atoms with Crippen LogP contribution in [0.5, 0.6) is 0 Å². The Bertz CT molecular complexity index is 173. The molecule has 44 valence electrons. The van der Waals surface area contributed by atoms with Crippen molar-refractivity contribution in [3.05, 3.63) is 17.3 Å². The second kappa shape index (κ2) is 1.71. The smallest absolute Gasteiger partial charge is 0.122 e. The van der Waals surface area contributed by atoms with Gasteiger partial charge in [-0.1, -0.05) is 11.6 Å². The first-order valence-electron chi connectivity index (χ1n) is 2.28. The van der Waals surface area contributed by atoms with Crippen molar-refractivity contribution in [2.24, 2.45) is 7.05 Å². The molecule has 0 unspecified atom stereocenters. The average molecular weight is 131 g/mol. The van der Waals surface area contributed by atoms with E-state index in [0.717, 1.165) is 0 Å². The Balaban J connectivity index is 3.19. The molecule has 3 heteroatoms. The fourth-order valence-electron chi connectivity index (χ4n) is 0.511. The zero-order valence-electron chi connectivity index (χ0n) is 4.56. The van der Waals surface area contributed by atoms with Crippen molar-refractivity contribution >= 4 is 17.4 Å². The van der Waals surface area contributed by atoms with Crippen LogP contribution in [0.15, 0.2) is 12.3 Å². The summed E-state index contributed by atoms with van der Waals surface area (Å²) in [5.41, 5.74) is 5.43. The molecule has 0 aromatic carbocycles. The van der Waals surface area contributed by atoms with Crippen molar-refractivity contribution in [2.75, 3.05) is 5.73 Å². The molecule has 0 aliphatic rings. The molecule has 0 saturated carbocycles. The van der Waals surface area contributed by atoms with Gasteiger partial charge in [0.25, 0.3) is 0 Å². The van der Waals surface area contributed by atoms with E-state index in [9.17, 15) is 0 Å². The van der Waals surface area contributed by atoms with E-state index in [0.29, 0.717) is 10.8 Å². The van der Waals surface area contributed by atoms with E-state index < -0.39 is 0 Å². The number of anilines is 1. The number of nitrogens with zero attached hydrogens (tertiary/aromatic N) is 1. The summed E-state index contributed by atoms with van der Waals surface area (Å²) in [6.07, 6.45) is 1.82. The van der Waals surface area contributed by atoms with Crippen LogP contribution in [0.3, 0.4) is 0 Å². The number of aromatic nitrogens is 1. The van der Waals surface area contributed by atoms with Gasteiger partial charge in [-0.05, 0) is 6.07 Å². The van der Waals surface area contributed by atoms with Gasteiger partial charge in [0.2, 0.25) is 0 Å². The van der Waals surface area contributed by atoms with Crippen LogP contribution in [0, 0.1) is 0 Å². The summed E-state index contributed by atoms with van der Waals surface area (Å²) in [6.45, 7) is 0. The Hall–Kier alpha value is -0.630. The van der Waals surface area contributed by atoms with E-state index in [2.05, 4.69) is 0 Å². The van der Waals surface area contributed by atoms with Gasteiger partial charge < -0.3 is 10.3 Å². The largest absolute Gasteiger partial charge is 0.384 e. The molecule has 0 atom stereocenters. The second-order valence-corrected chi connectivity index (χ2v) is 2.07. The van der Waals surface area contributed by atoms with Crippen LogP contribution in [0.1, 0.15) is 0 Å². The second-order valence-electron chi connectivity index (χ2n) is 1.66. The zero-order valence-corrected chi connectivity index (χ0v) is 5.31. The Kier molecular flexibility index (Phi) is 1.18. The lowest BCUT2D eigenvalue weighted by molar-refractivity contribution is 0.941. The molecule has 0 aliphatic carbocycles. The summed E-state index contributed by atoms with van der Waals surface area (Å²) in [6, 6.07) is 1.76. The molecule has 2 nitrogen and oxygen atoms in total. The molecule has 1 aromatic rings. The number of nitrogens with two attached hydrogens (primary N) is 1. The molecule has 0 bridgehead atoms. The van der Waals surface area contributed by atoms with Crippen LogP contribution in [0.25, 0.3) is 0 Å². The van der Waals surface area contributed by atoms with Gasteiger partial charge >= 0.3 is 0 Å². The van der Waals surface area contributed by atoms with Gasteiger partial charge in [-0.2, -0.15) is 0 Å². The van der Waals surface area contributed by atoms with Crippen molar-refractivity contribution in [1.29, 1.82) is 0 Å². The third-order valence-electron chi connectivity index (χ3n) is 1.07. The van der Waals surface area contributed by atoms with Crippen LogP contribution in [0.4, 0.5) is 5.82 Å². The fraction of sp³-hybridized carbons (Fsp3) is 0.200.